The molecule has 0 saturated carbocycles. The predicted molar refractivity (Wildman–Crippen MR) is 110 cm³/mol. The number of anilines is 3. The van der Waals surface area contributed by atoms with Crippen molar-refractivity contribution in [1.82, 2.24) is 19.7 Å². The molecular formula is C21H21FN6. The second-order valence-electron chi connectivity index (χ2n) is 6.94. The van der Waals surface area contributed by atoms with Crippen LogP contribution in [-0.2, 0) is 0 Å². The Hall–Kier alpha value is -3.48. The number of nitrogens with zero attached hydrogens (tertiary/aromatic N) is 4. The summed E-state index contributed by atoms with van der Waals surface area (Å²) in [6, 6.07) is 16.1. The fourth-order valence-corrected chi connectivity index (χ4v) is 2.84. The van der Waals surface area contributed by atoms with Crippen molar-refractivity contribution in [2.45, 2.75) is 13.8 Å². The van der Waals surface area contributed by atoms with E-state index in [9.17, 15) is 4.39 Å². The number of hydrogen-bond acceptors (Lipinski definition) is 5. The summed E-state index contributed by atoms with van der Waals surface area (Å²) < 4.78 is 15.4. The Kier molecular flexibility index (Phi) is 4.89. The van der Waals surface area contributed by atoms with Crippen molar-refractivity contribution in [3.8, 4) is 5.69 Å². The molecule has 0 fully saturated rings. The molecule has 7 heteroatoms. The molecule has 0 radical (unpaired) electrons. The van der Waals surface area contributed by atoms with Gasteiger partial charge in [-0.05, 0) is 36.2 Å². The van der Waals surface area contributed by atoms with Crippen LogP contribution in [0.4, 0.5) is 21.8 Å². The molecule has 4 rings (SSSR count). The van der Waals surface area contributed by atoms with Crippen LogP contribution in [0.1, 0.15) is 13.8 Å². The highest BCUT2D eigenvalue weighted by atomic mass is 19.1. The van der Waals surface area contributed by atoms with Gasteiger partial charge in [0.15, 0.2) is 5.65 Å². The molecule has 2 N–H and O–H groups in total. The smallest absolute Gasteiger partial charge is 0.226 e. The van der Waals surface area contributed by atoms with E-state index in [4.69, 9.17) is 0 Å². The molecule has 0 atom stereocenters. The van der Waals surface area contributed by atoms with Gasteiger partial charge in [-0.15, -0.1) is 0 Å². The highest BCUT2D eigenvalue weighted by molar-refractivity contribution is 5.90. The van der Waals surface area contributed by atoms with E-state index in [1.165, 1.54) is 12.1 Å². The predicted octanol–water partition coefficient (Wildman–Crippen LogP) is 4.77. The fourth-order valence-electron chi connectivity index (χ4n) is 2.84. The molecule has 4 aromatic rings. The van der Waals surface area contributed by atoms with E-state index in [1.54, 1.807) is 23.0 Å². The van der Waals surface area contributed by atoms with Gasteiger partial charge in [-0.3, -0.25) is 0 Å². The van der Waals surface area contributed by atoms with Crippen molar-refractivity contribution < 1.29 is 4.39 Å². The van der Waals surface area contributed by atoms with Gasteiger partial charge < -0.3 is 10.6 Å². The molecule has 0 spiro atoms. The van der Waals surface area contributed by atoms with Crippen LogP contribution in [0.15, 0.2) is 60.8 Å². The Morgan fingerprint density at radius 1 is 1.04 bits per heavy atom. The Balaban J connectivity index is 1.81. The van der Waals surface area contributed by atoms with Crippen LogP contribution in [-0.4, -0.2) is 26.3 Å². The normalized spacial score (nSPS) is 11.1. The molecule has 2 aromatic carbocycles. The molecule has 0 unspecified atom stereocenters. The quantitative estimate of drug-likeness (QED) is 0.507. The van der Waals surface area contributed by atoms with Crippen LogP contribution in [0.5, 0.6) is 0 Å². The number of benzene rings is 2. The Morgan fingerprint density at radius 3 is 2.61 bits per heavy atom. The summed E-state index contributed by atoms with van der Waals surface area (Å²) in [5.74, 6) is 1.20. The van der Waals surface area contributed by atoms with Gasteiger partial charge >= 0.3 is 0 Å². The van der Waals surface area contributed by atoms with E-state index in [1.807, 2.05) is 30.3 Å². The molecule has 0 saturated heterocycles. The van der Waals surface area contributed by atoms with Crippen LogP contribution in [0.25, 0.3) is 16.7 Å². The third-order valence-electron chi connectivity index (χ3n) is 4.19. The zero-order chi connectivity index (χ0) is 19.5. The van der Waals surface area contributed by atoms with Crippen LogP contribution in [0, 0.1) is 11.7 Å². The van der Waals surface area contributed by atoms with E-state index in [2.05, 4.69) is 39.5 Å². The molecule has 0 amide bonds. The number of rotatable bonds is 6. The lowest BCUT2D eigenvalue weighted by atomic mass is 10.2. The van der Waals surface area contributed by atoms with E-state index in [0.717, 1.165) is 17.6 Å². The first-order chi connectivity index (χ1) is 13.6. The van der Waals surface area contributed by atoms with Crippen LogP contribution in [0.3, 0.4) is 0 Å². The summed E-state index contributed by atoms with van der Waals surface area (Å²) in [6.45, 7) is 4.97. The van der Waals surface area contributed by atoms with Crippen molar-refractivity contribution in [2.24, 2.45) is 5.92 Å². The number of hydrogen-bond donors (Lipinski definition) is 2. The van der Waals surface area contributed by atoms with Gasteiger partial charge in [-0.1, -0.05) is 38.1 Å². The zero-order valence-electron chi connectivity index (χ0n) is 15.7. The van der Waals surface area contributed by atoms with Gasteiger partial charge in [-0.2, -0.15) is 15.1 Å². The summed E-state index contributed by atoms with van der Waals surface area (Å²) in [7, 11) is 0. The lowest BCUT2D eigenvalue weighted by Crippen LogP contribution is -2.12. The Morgan fingerprint density at radius 2 is 1.86 bits per heavy atom. The van der Waals surface area contributed by atoms with E-state index in [0.29, 0.717) is 29.0 Å². The third kappa shape index (κ3) is 3.78. The largest absolute Gasteiger partial charge is 0.354 e. The van der Waals surface area contributed by atoms with E-state index >= 15 is 0 Å². The lowest BCUT2D eigenvalue weighted by molar-refractivity contribution is 0.628. The maximum absolute atomic E-state index is 13.6. The molecule has 0 bridgehead atoms. The van der Waals surface area contributed by atoms with Crippen molar-refractivity contribution in [1.29, 1.82) is 0 Å². The van der Waals surface area contributed by atoms with Crippen LogP contribution < -0.4 is 10.6 Å². The monoisotopic (exact) mass is 376 g/mol. The zero-order valence-corrected chi connectivity index (χ0v) is 15.7. The summed E-state index contributed by atoms with van der Waals surface area (Å²) >= 11 is 0. The average Bonchev–Trinajstić information content (AvgIpc) is 3.11. The van der Waals surface area contributed by atoms with Crippen molar-refractivity contribution in [2.75, 3.05) is 17.2 Å². The maximum Gasteiger partial charge on any atom is 0.226 e. The standard InChI is InChI=1S/C21H21FN6/c1-14(2)12-23-21-26-19(25-16-8-6-7-15(22)11-16)18-13-24-28(20(18)27-21)17-9-4-3-5-10-17/h3-11,13-14H,12H2,1-2H3,(H2,23,25,26,27). The highest BCUT2D eigenvalue weighted by Gasteiger charge is 2.15. The molecule has 0 aliphatic rings. The van der Waals surface area contributed by atoms with Crippen molar-refractivity contribution >= 4 is 28.5 Å². The van der Waals surface area contributed by atoms with E-state index < -0.39 is 0 Å². The second kappa shape index (κ2) is 7.64. The SMILES string of the molecule is CC(C)CNc1nc(Nc2cccc(F)c2)c2cnn(-c3ccccc3)c2n1. The topological polar surface area (TPSA) is 67.7 Å². The minimum absolute atomic E-state index is 0.312. The summed E-state index contributed by atoms with van der Waals surface area (Å²) in [5.41, 5.74) is 2.19. The first-order valence-electron chi connectivity index (χ1n) is 9.18. The first-order valence-corrected chi connectivity index (χ1v) is 9.18. The number of nitrogens with one attached hydrogen (secondary N) is 2. The minimum Gasteiger partial charge on any atom is -0.354 e. The minimum atomic E-state index is -0.312. The van der Waals surface area contributed by atoms with Crippen molar-refractivity contribution in [3.63, 3.8) is 0 Å². The van der Waals surface area contributed by atoms with Gasteiger partial charge in [0.2, 0.25) is 5.95 Å². The first kappa shape index (κ1) is 17.9. The molecule has 2 heterocycles. The number of aromatic nitrogens is 4. The number of para-hydroxylation sites is 1. The number of halogens is 1. The Labute approximate surface area is 162 Å². The van der Waals surface area contributed by atoms with Gasteiger partial charge in [0.1, 0.15) is 11.6 Å². The molecule has 142 valence electrons. The highest BCUT2D eigenvalue weighted by Crippen LogP contribution is 2.27. The molecular weight excluding hydrogens is 355 g/mol. The average molecular weight is 376 g/mol. The fraction of sp³-hybridized carbons (Fsp3) is 0.190. The van der Waals surface area contributed by atoms with Crippen LogP contribution >= 0.6 is 0 Å². The summed E-state index contributed by atoms with van der Waals surface area (Å²) in [5, 5.41) is 11.7. The lowest BCUT2D eigenvalue weighted by Gasteiger charge is -2.12. The van der Waals surface area contributed by atoms with Gasteiger partial charge in [0, 0.05) is 12.2 Å². The molecule has 6 nitrogen and oxygen atoms in total. The summed E-state index contributed by atoms with van der Waals surface area (Å²) in [6.07, 6.45) is 1.72. The van der Waals surface area contributed by atoms with Gasteiger partial charge in [-0.25, -0.2) is 9.07 Å². The molecule has 2 aromatic heterocycles. The van der Waals surface area contributed by atoms with Gasteiger partial charge in [0.25, 0.3) is 0 Å². The molecule has 0 aliphatic carbocycles. The Bertz CT molecular complexity index is 1090. The maximum atomic E-state index is 13.6. The van der Waals surface area contributed by atoms with Gasteiger partial charge in [0.05, 0.1) is 17.3 Å². The molecule has 0 aliphatic heterocycles. The van der Waals surface area contributed by atoms with E-state index in [-0.39, 0.29) is 5.82 Å². The van der Waals surface area contributed by atoms with Crippen LogP contribution in [0.2, 0.25) is 0 Å². The van der Waals surface area contributed by atoms with Crippen molar-refractivity contribution in [3.05, 3.63) is 66.6 Å². The molecule has 28 heavy (non-hydrogen) atoms. The summed E-state index contributed by atoms with van der Waals surface area (Å²) in [4.78, 5) is 9.26. The second-order valence-corrected chi connectivity index (χ2v) is 6.94. The third-order valence-corrected chi connectivity index (χ3v) is 4.19. The number of fused-ring (bicyclic) bond motifs is 1.